The summed E-state index contributed by atoms with van der Waals surface area (Å²) >= 11 is 0. The van der Waals surface area contributed by atoms with E-state index >= 15 is 0 Å². The average Bonchev–Trinajstić information content (AvgIpc) is 2.30. The highest BCUT2D eigenvalue weighted by Gasteiger charge is 2.00. The summed E-state index contributed by atoms with van der Waals surface area (Å²) in [5.74, 6) is 0. The van der Waals surface area contributed by atoms with Gasteiger partial charge in [0.1, 0.15) is 0 Å². The Morgan fingerprint density at radius 2 is 2.31 bits per heavy atom. The van der Waals surface area contributed by atoms with Crippen molar-refractivity contribution < 1.29 is 0 Å². The molecule has 1 rings (SSSR count). The monoisotopic (exact) mass is 219 g/mol. The van der Waals surface area contributed by atoms with Gasteiger partial charge >= 0.3 is 0 Å². The van der Waals surface area contributed by atoms with Gasteiger partial charge in [0.05, 0.1) is 5.69 Å². The topological polar surface area (TPSA) is 42.1 Å². The summed E-state index contributed by atoms with van der Waals surface area (Å²) in [6.45, 7) is 6.24. The molecule has 0 bridgehead atoms. The van der Waals surface area contributed by atoms with Gasteiger partial charge in [-0.25, -0.2) is 0 Å². The number of hydrogen-bond acceptors (Lipinski definition) is 3. The lowest BCUT2D eigenvalue weighted by Gasteiger charge is -2.15. The Hall–Kier alpha value is -1.19. The summed E-state index contributed by atoms with van der Waals surface area (Å²) in [5.41, 5.74) is 7.70. The van der Waals surface area contributed by atoms with Crippen molar-refractivity contribution >= 4 is 0 Å². The molecule has 0 atom stereocenters. The second kappa shape index (κ2) is 7.14. The first-order valence-corrected chi connectivity index (χ1v) is 5.69. The number of unbranched alkanes of at least 4 members (excludes halogenated alkanes) is 1. The molecule has 1 aromatic rings. The fourth-order valence-corrected chi connectivity index (χ4v) is 1.53. The maximum absolute atomic E-state index is 5.52. The quantitative estimate of drug-likeness (QED) is 0.563. The molecule has 1 heterocycles. The van der Waals surface area contributed by atoms with Crippen LogP contribution in [0.15, 0.2) is 31.0 Å². The van der Waals surface area contributed by atoms with E-state index in [-0.39, 0.29) is 0 Å². The predicted octanol–water partition coefficient (Wildman–Crippen LogP) is 1.94. The van der Waals surface area contributed by atoms with Gasteiger partial charge in [0.15, 0.2) is 0 Å². The molecular formula is C13H21N3. The molecule has 0 spiro atoms. The molecule has 3 nitrogen and oxygen atoms in total. The number of aromatic nitrogens is 1. The minimum Gasteiger partial charge on any atom is -0.326 e. The van der Waals surface area contributed by atoms with E-state index in [1.807, 2.05) is 24.4 Å². The number of allylic oxidation sites excluding steroid dienone is 1. The number of pyridine rings is 1. The first-order chi connectivity index (χ1) is 7.76. The summed E-state index contributed by atoms with van der Waals surface area (Å²) in [5, 5.41) is 0. The smallest absolute Gasteiger partial charge is 0.0544 e. The van der Waals surface area contributed by atoms with E-state index in [9.17, 15) is 0 Å². The van der Waals surface area contributed by atoms with Gasteiger partial charge in [0.2, 0.25) is 0 Å². The van der Waals surface area contributed by atoms with Crippen molar-refractivity contribution in [1.29, 1.82) is 0 Å². The van der Waals surface area contributed by atoms with Crippen LogP contribution >= 0.6 is 0 Å². The van der Waals surface area contributed by atoms with E-state index in [0.29, 0.717) is 6.54 Å². The van der Waals surface area contributed by atoms with Crippen LogP contribution in [-0.2, 0) is 13.1 Å². The maximum Gasteiger partial charge on any atom is 0.0544 e. The molecule has 0 radical (unpaired) electrons. The Labute approximate surface area is 98.0 Å². The van der Waals surface area contributed by atoms with Gasteiger partial charge in [0.25, 0.3) is 0 Å². The number of nitrogens with zero attached hydrogens (tertiary/aromatic N) is 2. The van der Waals surface area contributed by atoms with Gasteiger partial charge in [-0.3, -0.25) is 4.98 Å². The van der Waals surface area contributed by atoms with E-state index in [1.165, 1.54) is 0 Å². The van der Waals surface area contributed by atoms with Crippen LogP contribution < -0.4 is 5.73 Å². The third-order valence-electron chi connectivity index (χ3n) is 2.50. The highest BCUT2D eigenvalue weighted by molar-refractivity contribution is 5.13. The van der Waals surface area contributed by atoms with Gasteiger partial charge in [-0.1, -0.05) is 12.1 Å². The highest BCUT2D eigenvalue weighted by Crippen LogP contribution is 2.03. The van der Waals surface area contributed by atoms with Crippen molar-refractivity contribution in [2.75, 3.05) is 13.6 Å². The van der Waals surface area contributed by atoms with Crippen LogP contribution in [-0.4, -0.2) is 23.5 Å². The largest absolute Gasteiger partial charge is 0.326 e. The van der Waals surface area contributed by atoms with E-state index in [0.717, 1.165) is 37.2 Å². The van der Waals surface area contributed by atoms with E-state index in [1.54, 1.807) is 0 Å². The van der Waals surface area contributed by atoms with E-state index < -0.39 is 0 Å². The maximum atomic E-state index is 5.52. The van der Waals surface area contributed by atoms with Crippen LogP contribution in [0.1, 0.15) is 24.1 Å². The molecule has 1 aromatic heterocycles. The Kier molecular flexibility index (Phi) is 5.75. The SMILES string of the molecule is C=CCCCN(C)Cc1ccc(CN)cn1. The molecule has 3 heteroatoms. The fraction of sp³-hybridized carbons (Fsp3) is 0.462. The Morgan fingerprint density at radius 1 is 1.50 bits per heavy atom. The Balaban J connectivity index is 2.37. The number of rotatable bonds is 7. The molecule has 0 aliphatic carbocycles. The second-order valence-corrected chi connectivity index (χ2v) is 4.03. The molecule has 2 N–H and O–H groups in total. The van der Waals surface area contributed by atoms with Gasteiger partial charge < -0.3 is 10.6 Å². The molecule has 0 unspecified atom stereocenters. The summed E-state index contributed by atoms with van der Waals surface area (Å²) in [6.07, 6.45) is 6.04. The molecule has 0 aliphatic heterocycles. The van der Waals surface area contributed by atoms with Crippen molar-refractivity contribution in [2.45, 2.75) is 25.9 Å². The molecule has 0 saturated heterocycles. The summed E-state index contributed by atoms with van der Waals surface area (Å²) < 4.78 is 0. The van der Waals surface area contributed by atoms with E-state index in [2.05, 4.69) is 23.5 Å². The fourth-order valence-electron chi connectivity index (χ4n) is 1.53. The van der Waals surface area contributed by atoms with Crippen LogP contribution in [0.3, 0.4) is 0 Å². The van der Waals surface area contributed by atoms with Crippen molar-refractivity contribution in [2.24, 2.45) is 5.73 Å². The minimum absolute atomic E-state index is 0.558. The number of nitrogens with two attached hydrogens (primary N) is 1. The molecule has 88 valence electrons. The van der Waals surface area contributed by atoms with Gasteiger partial charge in [-0.2, -0.15) is 0 Å². The Bertz CT molecular complexity index is 305. The van der Waals surface area contributed by atoms with Crippen molar-refractivity contribution in [1.82, 2.24) is 9.88 Å². The summed E-state index contributed by atoms with van der Waals surface area (Å²) in [6, 6.07) is 4.09. The third-order valence-corrected chi connectivity index (χ3v) is 2.50. The van der Waals surface area contributed by atoms with Crippen LogP contribution in [0.5, 0.6) is 0 Å². The molecule has 0 fully saturated rings. The molecule has 0 saturated carbocycles. The molecule has 16 heavy (non-hydrogen) atoms. The van der Waals surface area contributed by atoms with Gasteiger partial charge in [-0.05, 0) is 38.1 Å². The first kappa shape index (κ1) is 12.9. The van der Waals surface area contributed by atoms with Gasteiger partial charge in [-0.15, -0.1) is 6.58 Å². The van der Waals surface area contributed by atoms with E-state index in [4.69, 9.17) is 5.73 Å². The Morgan fingerprint density at radius 3 is 2.88 bits per heavy atom. The third kappa shape index (κ3) is 4.55. The molecule has 0 aromatic carbocycles. The molecule has 0 aliphatic rings. The first-order valence-electron chi connectivity index (χ1n) is 5.69. The average molecular weight is 219 g/mol. The standard InChI is InChI=1S/C13H21N3/c1-3-4-5-8-16(2)11-13-7-6-12(9-14)10-15-13/h3,6-7,10H,1,4-5,8-9,11,14H2,2H3. The minimum atomic E-state index is 0.558. The normalized spacial score (nSPS) is 10.7. The van der Waals surface area contributed by atoms with Crippen LogP contribution in [0.25, 0.3) is 0 Å². The summed E-state index contributed by atoms with van der Waals surface area (Å²) in [7, 11) is 2.11. The lowest BCUT2D eigenvalue weighted by atomic mass is 10.2. The van der Waals surface area contributed by atoms with Crippen molar-refractivity contribution in [3.63, 3.8) is 0 Å². The predicted molar refractivity (Wildman–Crippen MR) is 67.9 cm³/mol. The second-order valence-electron chi connectivity index (χ2n) is 4.03. The zero-order valence-electron chi connectivity index (χ0n) is 10.0. The number of hydrogen-bond donors (Lipinski definition) is 1. The van der Waals surface area contributed by atoms with Crippen LogP contribution in [0.4, 0.5) is 0 Å². The van der Waals surface area contributed by atoms with Crippen LogP contribution in [0.2, 0.25) is 0 Å². The zero-order chi connectivity index (χ0) is 11.8. The van der Waals surface area contributed by atoms with Crippen LogP contribution in [0, 0.1) is 0 Å². The van der Waals surface area contributed by atoms with Crippen molar-refractivity contribution in [3.05, 3.63) is 42.2 Å². The molecular weight excluding hydrogens is 198 g/mol. The zero-order valence-corrected chi connectivity index (χ0v) is 10.0. The van der Waals surface area contributed by atoms with Crippen molar-refractivity contribution in [3.8, 4) is 0 Å². The molecule has 0 amide bonds. The lowest BCUT2D eigenvalue weighted by molar-refractivity contribution is 0.319. The summed E-state index contributed by atoms with van der Waals surface area (Å²) in [4.78, 5) is 6.65. The van der Waals surface area contributed by atoms with Gasteiger partial charge in [0, 0.05) is 19.3 Å². The highest BCUT2D eigenvalue weighted by atomic mass is 15.1. The lowest BCUT2D eigenvalue weighted by Crippen LogP contribution is -2.19.